The molecule has 1 rings (SSSR count). The summed E-state index contributed by atoms with van der Waals surface area (Å²) in [5, 5.41) is 1.22. The first-order chi connectivity index (χ1) is 6.43. The van der Waals surface area contributed by atoms with Gasteiger partial charge >= 0.3 is 6.43 Å². The quantitative estimate of drug-likeness (QED) is 0.735. The minimum atomic E-state index is -3.17. The first kappa shape index (κ1) is 11.4. The maximum Gasteiger partial charge on any atom is 0.315 e. The molecule has 0 aromatic rings. The number of carbonyl (C=O) groups is 1. The molecule has 1 aliphatic rings. The van der Waals surface area contributed by atoms with Crippen molar-refractivity contribution in [1.29, 1.82) is 0 Å². The third kappa shape index (κ3) is 2.63. The standard InChI is InChI=1S/C7H11F2NO3S/c8-6(9)7(11)10-4-5-2-1-3-14(5,12)13/h5-6H,1-4H2,(H,10,11). The molecule has 82 valence electrons. The molecular weight excluding hydrogens is 216 g/mol. The zero-order valence-corrected chi connectivity index (χ0v) is 8.19. The van der Waals surface area contributed by atoms with Gasteiger partial charge in [0.1, 0.15) is 0 Å². The van der Waals surface area contributed by atoms with Crippen LogP contribution in [0.1, 0.15) is 12.8 Å². The number of sulfone groups is 1. The molecule has 1 aliphatic heterocycles. The van der Waals surface area contributed by atoms with Gasteiger partial charge in [-0.2, -0.15) is 8.78 Å². The summed E-state index contributed by atoms with van der Waals surface area (Å²) < 4.78 is 45.9. The maximum absolute atomic E-state index is 11.7. The van der Waals surface area contributed by atoms with Crippen LogP contribution in [0.25, 0.3) is 0 Å². The molecule has 14 heavy (non-hydrogen) atoms. The topological polar surface area (TPSA) is 63.2 Å². The highest BCUT2D eigenvalue weighted by Gasteiger charge is 2.31. The number of amides is 1. The van der Waals surface area contributed by atoms with Crippen molar-refractivity contribution in [3.63, 3.8) is 0 Å². The van der Waals surface area contributed by atoms with Crippen molar-refractivity contribution >= 4 is 15.7 Å². The molecule has 0 saturated carbocycles. The normalized spacial score (nSPS) is 25.2. The molecular formula is C7H11F2NO3S. The van der Waals surface area contributed by atoms with Crippen LogP contribution in [0.3, 0.4) is 0 Å². The van der Waals surface area contributed by atoms with Crippen molar-refractivity contribution in [3.8, 4) is 0 Å². The summed E-state index contributed by atoms with van der Waals surface area (Å²) in [7, 11) is -3.17. The lowest BCUT2D eigenvalue weighted by Crippen LogP contribution is -2.37. The van der Waals surface area contributed by atoms with Crippen molar-refractivity contribution < 1.29 is 22.0 Å². The SMILES string of the molecule is O=C(NCC1CCCS1(=O)=O)C(F)F. The molecule has 1 N–H and O–H groups in total. The number of alkyl halides is 2. The second-order valence-corrected chi connectivity index (χ2v) is 5.58. The molecule has 1 heterocycles. The van der Waals surface area contributed by atoms with Crippen LogP contribution < -0.4 is 5.32 Å². The van der Waals surface area contributed by atoms with E-state index in [4.69, 9.17) is 0 Å². The molecule has 0 bridgehead atoms. The van der Waals surface area contributed by atoms with Crippen molar-refractivity contribution in [2.24, 2.45) is 0 Å². The second-order valence-electron chi connectivity index (χ2n) is 3.18. The highest BCUT2D eigenvalue weighted by molar-refractivity contribution is 7.92. The summed E-state index contributed by atoms with van der Waals surface area (Å²) in [6.07, 6.45) is -2.11. The molecule has 0 radical (unpaired) electrons. The first-order valence-electron chi connectivity index (χ1n) is 4.21. The molecule has 0 aromatic heterocycles. The van der Waals surface area contributed by atoms with Crippen LogP contribution in [0.2, 0.25) is 0 Å². The van der Waals surface area contributed by atoms with Crippen LogP contribution >= 0.6 is 0 Å². The lowest BCUT2D eigenvalue weighted by Gasteiger charge is -2.09. The summed E-state index contributed by atoms with van der Waals surface area (Å²) in [4.78, 5) is 10.5. The molecule has 0 aromatic carbocycles. The van der Waals surface area contributed by atoms with E-state index in [0.29, 0.717) is 12.8 Å². The predicted octanol–water partition coefficient (Wildman–Crippen LogP) is -0.0551. The van der Waals surface area contributed by atoms with E-state index in [-0.39, 0.29) is 12.3 Å². The van der Waals surface area contributed by atoms with E-state index >= 15 is 0 Å². The Bertz CT molecular complexity index is 315. The summed E-state index contributed by atoms with van der Waals surface area (Å²) in [6, 6.07) is 0. The van der Waals surface area contributed by atoms with Crippen molar-refractivity contribution in [2.75, 3.05) is 12.3 Å². The van der Waals surface area contributed by atoms with Gasteiger partial charge in [-0.3, -0.25) is 4.79 Å². The van der Waals surface area contributed by atoms with E-state index in [1.165, 1.54) is 0 Å². The second kappa shape index (κ2) is 4.20. The zero-order chi connectivity index (χ0) is 10.8. The van der Waals surface area contributed by atoms with Gasteiger partial charge in [0.25, 0.3) is 5.91 Å². The van der Waals surface area contributed by atoms with Gasteiger partial charge in [-0.15, -0.1) is 0 Å². The maximum atomic E-state index is 11.7. The van der Waals surface area contributed by atoms with Crippen LogP contribution in [0.15, 0.2) is 0 Å². The monoisotopic (exact) mass is 227 g/mol. The van der Waals surface area contributed by atoms with Crippen LogP contribution in [0.4, 0.5) is 8.78 Å². The van der Waals surface area contributed by atoms with E-state index in [0.717, 1.165) is 0 Å². The van der Waals surface area contributed by atoms with Gasteiger partial charge in [0.05, 0.1) is 11.0 Å². The lowest BCUT2D eigenvalue weighted by molar-refractivity contribution is -0.131. The summed E-state index contributed by atoms with van der Waals surface area (Å²) in [5.41, 5.74) is 0. The summed E-state index contributed by atoms with van der Waals surface area (Å²) in [5.74, 6) is -1.32. The fourth-order valence-corrected chi connectivity index (χ4v) is 3.14. The van der Waals surface area contributed by atoms with Gasteiger partial charge in [0.15, 0.2) is 9.84 Å². The Morgan fingerprint density at radius 1 is 1.50 bits per heavy atom. The van der Waals surface area contributed by atoms with E-state index in [2.05, 4.69) is 0 Å². The Kier molecular flexibility index (Phi) is 3.41. The predicted molar refractivity (Wildman–Crippen MR) is 45.8 cm³/mol. The van der Waals surface area contributed by atoms with Crippen LogP contribution in [0, 0.1) is 0 Å². The molecule has 1 atom stereocenters. The molecule has 1 unspecified atom stereocenters. The number of hydrogen-bond donors (Lipinski definition) is 1. The average molecular weight is 227 g/mol. The lowest BCUT2D eigenvalue weighted by atomic mass is 10.2. The van der Waals surface area contributed by atoms with Crippen molar-refractivity contribution in [3.05, 3.63) is 0 Å². The van der Waals surface area contributed by atoms with E-state index in [1.807, 2.05) is 5.32 Å². The fraction of sp³-hybridized carbons (Fsp3) is 0.857. The molecule has 1 saturated heterocycles. The number of carbonyl (C=O) groups excluding carboxylic acids is 1. The molecule has 4 nitrogen and oxygen atoms in total. The smallest absolute Gasteiger partial charge is 0.315 e. The minimum Gasteiger partial charge on any atom is -0.350 e. The van der Waals surface area contributed by atoms with Gasteiger partial charge in [0, 0.05) is 6.54 Å². The van der Waals surface area contributed by atoms with Crippen LogP contribution in [-0.4, -0.2) is 38.3 Å². The van der Waals surface area contributed by atoms with Gasteiger partial charge in [-0.25, -0.2) is 8.42 Å². The summed E-state index contributed by atoms with van der Waals surface area (Å²) in [6.45, 7) is -0.203. The molecule has 7 heteroatoms. The van der Waals surface area contributed by atoms with Gasteiger partial charge < -0.3 is 5.32 Å². The van der Waals surface area contributed by atoms with Gasteiger partial charge in [-0.1, -0.05) is 0 Å². The Hall–Kier alpha value is -0.720. The Labute approximate surface area is 80.6 Å². The number of nitrogens with one attached hydrogen (secondary N) is 1. The highest BCUT2D eigenvalue weighted by atomic mass is 32.2. The zero-order valence-electron chi connectivity index (χ0n) is 7.37. The first-order valence-corrected chi connectivity index (χ1v) is 5.92. The average Bonchev–Trinajstić information content (AvgIpc) is 2.40. The van der Waals surface area contributed by atoms with Gasteiger partial charge in [-0.05, 0) is 12.8 Å². The highest BCUT2D eigenvalue weighted by Crippen LogP contribution is 2.18. The Morgan fingerprint density at radius 2 is 2.14 bits per heavy atom. The minimum absolute atomic E-state index is 0.0855. The van der Waals surface area contributed by atoms with E-state index in [9.17, 15) is 22.0 Å². The Balaban J connectivity index is 2.43. The molecule has 0 aliphatic carbocycles. The molecule has 1 amide bonds. The molecule has 0 spiro atoms. The number of rotatable bonds is 3. The molecule has 1 fully saturated rings. The van der Waals surface area contributed by atoms with Gasteiger partial charge in [0.2, 0.25) is 0 Å². The third-order valence-corrected chi connectivity index (χ3v) is 4.44. The fourth-order valence-electron chi connectivity index (χ4n) is 1.38. The number of halogens is 2. The summed E-state index contributed by atoms with van der Waals surface area (Å²) >= 11 is 0. The van der Waals surface area contributed by atoms with Crippen molar-refractivity contribution in [2.45, 2.75) is 24.5 Å². The number of hydrogen-bond acceptors (Lipinski definition) is 3. The van der Waals surface area contributed by atoms with Crippen LogP contribution in [0.5, 0.6) is 0 Å². The Morgan fingerprint density at radius 3 is 2.57 bits per heavy atom. The van der Waals surface area contributed by atoms with Crippen LogP contribution in [-0.2, 0) is 14.6 Å². The van der Waals surface area contributed by atoms with E-state index in [1.54, 1.807) is 0 Å². The van der Waals surface area contributed by atoms with E-state index < -0.39 is 27.4 Å². The van der Waals surface area contributed by atoms with Crippen molar-refractivity contribution in [1.82, 2.24) is 5.32 Å². The largest absolute Gasteiger partial charge is 0.350 e. The third-order valence-electron chi connectivity index (χ3n) is 2.16.